The van der Waals surface area contributed by atoms with Crippen LogP contribution in [0.3, 0.4) is 0 Å². The molecule has 20 heavy (non-hydrogen) atoms. The van der Waals surface area contributed by atoms with E-state index >= 15 is 0 Å². The molecule has 5 heteroatoms. The fourth-order valence-electron chi connectivity index (χ4n) is 1.68. The van der Waals surface area contributed by atoms with E-state index in [2.05, 4.69) is 15.9 Å². The zero-order chi connectivity index (χ0) is 14.7. The molecule has 0 saturated carbocycles. The Kier molecular flexibility index (Phi) is 4.20. The monoisotopic (exact) mass is 336 g/mol. The highest BCUT2D eigenvalue weighted by molar-refractivity contribution is 9.10. The summed E-state index contributed by atoms with van der Waals surface area (Å²) >= 11 is 3.16. The van der Waals surface area contributed by atoms with Crippen LogP contribution in [0.5, 0.6) is 5.75 Å². The number of carbonyl (C=O) groups is 1. The van der Waals surface area contributed by atoms with Crippen LogP contribution in [0.2, 0.25) is 0 Å². The average Bonchev–Trinajstić information content (AvgIpc) is 2.41. The highest BCUT2D eigenvalue weighted by Gasteiger charge is 2.11. The SMILES string of the molecule is O=C(O)/C(=C\c1ccc(O)c(Br)c1)c1ccc(F)cc1. The molecule has 2 rings (SSSR count). The van der Waals surface area contributed by atoms with Crippen molar-refractivity contribution in [1.29, 1.82) is 0 Å². The summed E-state index contributed by atoms with van der Waals surface area (Å²) in [4.78, 5) is 11.3. The van der Waals surface area contributed by atoms with Crippen LogP contribution in [0, 0.1) is 5.82 Å². The zero-order valence-corrected chi connectivity index (χ0v) is 11.8. The van der Waals surface area contributed by atoms with Crippen LogP contribution in [0.4, 0.5) is 4.39 Å². The van der Waals surface area contributed by atoms with Crippen molar-refractivity contribution in [1.82, 2.24) is 0 Å². The molecule has 3 nitrogen and oxygen atoms in total. The van der Waals surface area contributed by atoms with E-state index in [9.17, 15) is 19.4 Å². The van der Waals surface area contributed by atoms with Crippen LogP contribution in [-0.4, -0.2) is 16.2 Å². The Morgan fingerprint density at radius 2 is 1.80 bits per heavy atom. The maximum Gasteiger partial charge on any atom is 0.336 e. The molecule has 2 aromatic rings. The fourth-order valence-corrected chi connectivity index (χ4v) is 2.07. The molecule has 102 valence electrons. The van der Waals surface area contributed by atoms with E-state index in [1.165, 1.54) is 36.4 Å². The van der Waals surface area contributed by atoms with E-state index in [1.807, 2.05) is 0 Å². The van der Waals surface area contributed by atoms with Crippen molar-refractivity contribution in [3.05, 3.63) is 63.9 Å². The predicted octanol–water partition coefficient (Wildman–Crippen LogP) is 3.92. The number of benzene rings is 2. The second kappa shape index (κ2) is 5.88. The fraction of sp³-hybridized carbons (Fsp3) is 0. The Balaban J connectivity index is 2.47. The quantitative estimate of drug-likeness (QED) is 0.659. The number of aliphatic carboxylic acids is 1. The lowest BCUT2D eigenvalue weighted by molar-refractivity contribution is -0.130. The lowest BCUT2D eigenvalue weighted by Gasteiger charge is -2.04. The van der Waals surface area contributed by atoms with Gasteiger partial charge in [0.2, 0.25) is 0 Å². The molecule has 0 heterocycles. The van der Waals surface area contributed by atoms with Gasteiger partial charge in [0.25, 0.3) is 0 Å². The molecular weight excluding hydrogens is 327 g/mol. The number of phenols is 1. The Hall–Kier alpha value is -2.14. The maximum atomic E-state index is 12.9. The summed E-state index contributed by atoms with van der Waals surface area (Å²) in [5.74, 6) is -1.47. The van der Waals surface area contributed by atoms with Crippen molar-refractivity contribution in [3.63, 3.8) is 0 Å². The van der Waals surface area contributed by atoms with E-state index in [1.54, 1.807) is 12.1 Å². The van der Waals surface area contributed by atoms with E-state index in [0.717, 1.165) is 0 Å². The van der Waals surface area contributed by atoms with Crippen molar-refractivity contribution in [2.75, 3.05) is 0 Å². The van der Waals surface area contributed by atoms with Gasteiger partial charge in [0.15, 0.2) is 0 Å². The Morgan fingerprint density at radius 1 is 1.15 bits per heavy atom. The van der Waals surface area contributed by atoms with E-state index in [-0.39, 0.29) is 11.3 Å². The summed E-state index contributed by atoms with van der Waals surface area (Å²) in [6.07, 6.45) is 1.46. The van der Waals surface area contributed by atoms with Crippen molar-refractivity contribution >= 4 is 33.5 Å². The maximum absolute atomic E-state index is 12.9. The average molecular weight is 337 g/mol. The van der Waals surface area contributed by atoms with Gasteiger partial charge in [0.1, 0.15) is 11.6 Å². The number of carboxylic acid groups (broad SMARTS) is 1. The summed E-state index contributed by atoms with van der Waals surface area (Å²) in [5, 5.41) is 18.7. The molecule has 0 aromatic heterocycles. The summed E-state index contributed by atoms with van der Waals surface area (Å²) in [5.41, 5.74) is 1.06. The summed E-state index contributed by atoms with van der Waals surface area (Å²) < 4.78 is 13.3. The second-order valence-corrected chi connectivity index (χ2v) is 4.94. The number of aromatic hydroxyl groups is 1. The molecular formula is C15H10BrFO3. The van der Waals surface area contributed by atoms with Gasteiger partial charge in [-0.15, -0.1) is 0 Å². The Bertz CT molecular complexity index is 678. The third kappa shape index (κ3) is 3.24. The first-order valence-corrected chi connectivity index (χ1v) is 6.46. The van der Waals surface area contributed by atoms with Gasteiger partial charge in [0, 0.05) is 0 Å². The number of carboxylic acids is 1. The molecule has 0 aliphatic rings. The first kappa shape index (κ1) is 14.3. The van der Waals surface area contributed by atoms with Crippen LogP contribution in [0.1, 0.15) is 11.1 Å². The van der Waals surface area contributed by atoms with Gasteiger partial charge < -0.3 is 10.2 Å². The highest BCUT2D eigenvalue weighted by atomic mass is 79.9. The van der Waals surface area contributed by atoms with Crippen LogP contribution < -0.4 is 0 Å². The number of phenolic OH excluding ortho intramolecular Hbond substituents is 1. The first-order valence-electron chi connectivity index (χ1n) is 5.67. The molecule has 2 N–H and O–H groups in total. The molecule has 0 atom stereocenters. The minimum atomic E-state index is -1.11. The van der Waals surface area contributed by atoms with E-state index in [4.69, 9.17) is 0 Å². The summed E-state index contributed by atoms with van der Waals surface area (Å²) in [6, 6.07) is 9.88. The van der Waals surface area contributed by atoms with Gasteiger partial charge in [-0.25, -0.2) is 9.18 Å². The molecule has 2 aromatic carbocycles. The highest BCUT2D eigenvalue weighted by Crippen LogP contribution is 2.27. The number of rotatable bonds is 3. The van der Waals surface area contributed by atoms with Crippen molar-refractivity contribution in [2.45, 2.75) is 0 Å². The minimum Gasteiger partial charge on any atom is -0.507 e. The largest absolute Gasteiger partial charge is 0.507 e. The molecule has 0 aliphatic heterocycles. The van der Waals surface area contributed by atoms with Gasteiger partial charge >= 0.3 is 5.97 Å². The van der Waals surface area contributed by atoms with Gasteiger partial charge in [-0.2, -0.15) is 0 Å². The molecule has 0 saturated heterocycles. The van der Waals surface area contributed by atoms with Gasteiger partial charge in [-0.3, -0.25) is 0 Å². The van der Waals surface area contributed by atoms with Crippen molar-refractivity contribution in [3.8, 4) is 5.75 Å². The van der Waals surface area contributed by atoms with Crippen LogP contribution >= 0.6 is 15.9 Å². The molecule has 0 unspecified atom stereocenters. The van der Waals surface area contributed by atoms with Crippen LogP contribution in [0.15, 0.2) is 46.9 Å². The first-order chi connectivity index (χ1) is 9.47. The lowest BCUT2D eigenvalue weighted by atomic mass is 10.0. The second-order valence-electron chi connectivity index (χ2n) is 4.08. The molecule has 0 amide bonds. The summed E-state index contributed by atoms with van der Waals surface area (Å²) in [6.45, 7) is 0. The smallest absolute Gasteiger partial charge is 0.336 e. The van der Waals surface area contributed by atoms with E-state index in [0.29, 0.717) is 15.6 Å². The Labute approximate surface area is 123 Å². The lowest BCUT2D eigenvalue weighted by Crippen LogP contribution is -1.99. The van der Waals surface area contributed by atoms with Crippen LogP contribution in [0.25, 0.3) is 11.6 Å². The van der Waals surface area contributed by atoms with E-state index < -0.39 is 11.8 Å². The molecule has 0 fully saturated rings. The zero-order valence-electron chi connectivity index (χ0n) is 10.2. The standard InChI is InChI=1S/C15H10BrFO3/c16-13-8-9(1-6-14(13)18)7-12(15(19)20)10-2-4-11(17)5-3-10/h1-8,18H,(H,19,20)/b12-7-. The third-order valence-corrected chi connectivity index (χ3v) is 3.30. The van der Waals surface area contributed by atoms with Crippen molar-refractivity contribution < 1.29 is 19.4 Å². The van der Waals surface area contributed by atoms with Gasteiger partial charge in [-0.05, 0) is 57.4 Å². The molecule has 0 radical (unpaired) electrons. The minimum absolute atomic E-state index is 0.0441. The Morgan fingerprint density at radius 3 is 2.35 bits per heavy atom. The van der Waals surface area contributed by atoms with Crippen LogP contribution in [-0.2, 0) is 4.79 Å². The number of hydrogen-bond donors (Lipinski definition) is 2. The predicted molar refractivity (Wildman–Crippen MR) is 77.7 cm³/mol. The van der Waals surface area contributed by atoms with Gasteiger partial charge in [0.05, 0.1) is 10.0 Å². The molecule has 0 spiro atoms. The molecule has 0 bridgehead atoms. The normalized spacial score (nSPS) is 11.4. The molecule has 0 aliphatic carbocycles. The number of hydrogen-bond acceptors (Lipinski definition) is 2. The third-order valence-electron chi connectivity index (χ3n) is 2.67. The topological polar surface area (TPSA) is 57.5 Å². The van der Waals surface area contributed by atoms with Crippen molar-refractivity contribution in [2.24, 2.45) is 0 Å². The summed E-state index contributed by atoms with van der Waals surface area (Å²) in [7, 11) is 0. The number of halogens is 2. The van der Waals surface area contributed by atoms with Gasteiger partial charge in [-0.1, -0.05) is 18.2 Å².